The van der Waals surface area contributed by atoms with Crippen LogP contribution in [0.5, 0.6) is 0 Å². The standard InChI is InChI=1S/C15H21N.CH4/c1-14-6-7-15(2,10-14)13-9-11(5-8-16)3-4-12(13)14;/h3-4,9H,5-8,10,16H2,1-2H3;1H4. The van der Waals surface area contributed by atoms with Crippen LogP contribution in [0.25, 0.3) is 0 Å². The quantitative estimate of drug-likeness (QED) is 0.828. The molecule has 1 aromatic carbocycles. The summed E-state index contributed by atoms with van der Waals surface area (Å²) in [7, 11) is 0. The van der Waals surface area contributed by atoms with Crippen molar-refractivity contribution >= 4 is 0 Å². The maximum absolute atomic E-state index is 5.64. The van der Waals surface area contributed by atoms with E-state index < -0.39 is 0 Å². The van der Waals surface area contributed by atoms with Gasteiger partial charge in [0, 0.05) is 0 Å². The summed E-state index contributed by atoms with van der Waals surface area (Å²) in [4.78, 5) is 0. The van der Waals surface area contributed by atoms with Crippen molar-refractivity contribution in [2.75, 3.05) is 6.54 Å². The highest BCUT2D eigenvalue weighted by atomic mass is 14.6. The lowest BCUT2D eigenvalue weighted by Gasteiger charge is -2.27. The fourth-order valence-electron chi connectivity index (χ4n) is 3.99. The van der Waals surface area contributed by atoms with Gasteiger partial charge in [0.05, 0.1) is 0 Å². The maximum atomic E-state index is 5.64. The van der Waals surface area contributed by atoms with E-state index in [9.17, 15) is 0 Å². The number of fused-ring (bicyclic) bond motifs is 5. The second-order valence-electron chi connectivity index (χ2n) is 6.22. The topological polar surface area (TPSA) is 26.0 Å². The summed E-state index contributed by atoms with van der Waals surface area (Å²) in [5, 5.41) is 0. The first kappa shape index (κ1) is 12.6. The minimum Gasteiger partial charge on any atom is -0.330 e. The largest absolute Gasteiger partial charge is 0.330 e. The van der Waals surface area contributed by atoms with Gasteiger partial charge in [-0.25, -0.2) is 0 Å². The molecular formula is C16H25N. The van der Waals surface area contributed by atoms with Gasteiger partial charge in [0.1, 0.15) is 0 Å². The predicted octanol–water partition coefficient (Wildman–Crippen LogP) is 3.54. The van der Waals surface area contributed by atoms with Gasteiger partial charge in [-0.2, -0.15) is 0 Å². The van der Waals surface area contributed by atoms with Gasteiger partial charge in [-0.05, 0) is 59.7 Å². The van der Waals surface area contributed by atoms with Gasteiger partial charge < -0.3 is 5.73 Å². The van der Waals surface area contributed by atoms with E-state index in [1.54, 1.807) is 11.1 Å². The Morgan fingerprint density at radius 2 is 1.76 bits per heavy atom. The number of nitrogens with two attached hydrogens (primary N) is 1. The first-order valence-electron chi connectivity index (χ1n) is 6.41. The van der Waals surface area contributed by atoms with Crippen LogP contribution >= 0.6 is 0 Å². The number of hydrogen-bond acceptors (Lipinski definition) is 1. The van der Waals surface area contributed by atoms with Crippen LogP contribution in [0.2, 0.25) is 0 Å². The highest BCUT2D eigenvalue weighted by Crippen LogP contribution is 2.60. The van der Waals surface area contributed by atoms with Gasteiger partial charge in [-0.1, -0.05) is 39.5 Å². The molecule has 1 fully saturated rings. The number of benzene rings is 1. The molecule has 2 N–H and O–H groups in total. The molecule has 0 saturated heterocycles. The summed E-state index contributed by atoms with van der Waals surface area (Å²) in [6.45, 7) is 5.63. The average Bonchev–Trinajstić information content (AvgIpc) is 2.67. The molecule has 1 saturated carbocycles. The zero-order valence-corrected chi connectivity index (χ0v) is 10.3. The van der Waals surface area contributed by atoms with E-state index in [0.29, 0.717) is 10.8 Å². The summed E-state index contributed by atoms with van der Waals surface area (Å²) in [5.41, 5.74) is 11.2. The molecule has 2 aliphatic rings. The van der Waals surface area contributed by atoms with Gasteiger partial charge in [0.25, 0.3) is 0 Å². The van der Waals surface area contributed by atoms with Gasteiger partial charge >= 0.3 is 0 Å². The van der Waals surface area contributed by atoms with E-state index in [0.717, 1.165) is 13.0 Å². The van der Waals surface area contributed by atoms with Crippen LogP contribution in [0.15, 0.2) is 18.2 Å². The SMILES string of the molecule is C.CC12CCC(C)(C1)c1cc(CCN)ccc12. The van der Waals surface area contributed by atoms with Crippen molar-refractivity contribution < 1.29 is 0 Å². The molecule has 2 atom stereocenters. The molecule has 0 aromatic heterocycles. The van der Waals surface area contributed by atoms with E-state index in [-0.39, 0.29) is 7.43 Å². The van der Waals surface area contributed by atoms with Gasteiger partial charge in [0.15, 0.2) is 0 Å². The van der Waals surface area contributed by atoms with Crippen LogP contribution in [-0.4, -0.2) is 6.54 Å². The molecule has 1 nitrogen and oxygen atoms in total. The van der Waals surface area contributed by atoms with E-state index >= 15 is 0 Å². The first-order valence-corrected chi connectivity index (χ1v) is 6.41. The zero-order valence-electron chi connectivity index (χ0n) is 10.3. The molecular weight excluding hydrogens is 206 g/mol. The second-order valence-corrected chi connectivity index (χ2v) is 6.22. The molecule has 2 unspecified atom stereocenters. The Morgan fingerprint density at radius 3 is 2.41 bits per heavy atom. The summed E-state index contributed by atoms with van der Waals surface area (Å²) >= 11 is 0. The van der Waals surface area contributed by atoms with Crippen LogP contribution in [0.3, 0.4) is 0 Å². The Balaban J connectivity index is 0.00000108. The van der Waals surface area contributed by atoms with Crippen LogP contribution in [-0.2, 0) is 17.3 Å². The van der Waals surface area contributed by atoms with Crippen molar-refractivity contribution in [1.82, 2.24) is 0 Å². The van der Waals surface area contributed by atoms with Crippen molar-refractivity contribution in [2.24, 2.45) is 5.73 Å². The van der Waals surface area contributed by atoms with Gasteiger partial charge in [-0.3, -0.25) is 0 Å². The highest BCUT2D eigenvalue weighted by Gasteiger charge is 2.52. The van der Waals surface area contributed by atoms with Crippen LogP contribution < -0.4 is 5.73 Å². The van der Waals surface area contributed by atoms with Crippen molar-refractivity contribution in [1.29, 1.82) is 0 Å². The highest BCUT2D eigenvalue weighted by molar-refractivity contribution is 5.50. The Morgan fingerprint density at radius 1 is 1.12 bits per heavy atom. The predicted molar refractivity (Wildman–Crippen MR) is 74.5 cm³/mol. The Bertz CT molecular complexity index is 437. The monoisotopic (exact) mass is 231 g/mol. The second kappa shape index (κ2) is 3.84. The molecule has 1 heteroatoms. The zero-order chi connectivity index (χ0) is 11.4. The third-order valence-corrected chi connectivity index (χ3v) is 4.83. The third-order valence-electron chi connectivity index (χ3n) is 4.83. The summed E-state index contributed by atoms with van der Waals surface area (Å²) in [6.07, 6.45) is 5.09. The molecule has 2 bridgehead atoms. The van der Waals surface area contributed by atoms with E-state index in [1.807, 2.05) is 0 Å². The van der Waals surface area contributed by atoms with Crippen LogP contribution in [0, 0.1) is 0 Å². The summed E-state index contributed by atoms with van der Waals surface area (Å²) in [6, 6.07) is 7.07. The van der Waals surface area contributed by atoms with Gasteiger partial charge in [-0.15, -0.1) is 0 Å². The van der Waals surface area contributed by atoms with Crippen LogP contribution in [0.1, 0.15) is 57.2 Å². The minimum absolute atomic E-state index is 0. The van der Waals surface area contributed by atoms with E-state index in [4.69, 9.17) is 5.73 Å². The molecule has 17 heavy (non-hydrogen) atoms. The fraction of sp³-hybridized carbons (Fsp3) is 0.625. The lowest BCUT2D eigenvalue weighted by molar-refractivity contribution is 0.484. The average molecular weight is 231 g/mol. The van der Waals surface area contributed by atoms with Crippen molar-refractivity contribution in [3.63, 3.8) is 0 Å². The van der Waals surface area contributed by atoms with Crippen molar-refractivity contribution in [3.8, 4) is 0 Å². The Kier molecular flexibility index (Phi) is 2.86. The normalized spacial score (nSPS) is 33.4. The molecule has 0 heterocycles. The smallest absolute Gasteiger partial charge is 0.00367 e. The minimum atomic E-state index is 0. The third kappa shape index (κ3) is 1.63. The van der Waals surface area contributed by atoms with Gasteiger partial charge in [0.2, 0.25) is 0 Å². The van der Waals surface area contributed by atoms with Crippen molar-refractivity contribution in [2.45, 2.75) is 57.8 Å². The maximum Gasteiger partial charge on any atom is -0.00367 e. The first-order chi connectivity index (χ1) is 7.57. The molecule has 3 rings (SSSR count). The molecule has 0 amide bonds. The van der Waals surface area contributed by atoms with Crippen molar-refractivity contribution in [3.05, 3.63) is 34.9 Å². The Hall–Kier alpha value is -0.820. The molecule has 0 aliphatic heterocycles. The Labute approximate surface area is 105 Å². The lowest BCUT2D eigenvalue weighted by atomic mass is 9.77. The number of hydrogen-bond donors (Lipinski definition) is 1. The fourth-order valence-corrected chi connectivity index (χ4v) is 3.99. The molecule has 94 valence electrons. The van der Waals surface area contributed by atoms with Crippen LogP contribution in [0.4, 0.5) is 0 Å². The lowest BCUT2D eigenvalue weighted by Crippen LogP contribution is -2.18. The summed E-state index contributed by atoms with van der Waals surface area (Å²) < 4.78 is 0. The molecule has 0 radical (unpaired) electrons. The summed E-state index contributed by atoms with van der Waals surface area (Å²) in [5.74, 6) is 0. The molecule has 2 aliphatic carbocycles. The van der Waals surface area contributed by atoms with E-state index in [1.165, 1.54) is 24.8 Å². The number of rotatable bonds is 2. The van der Waals surface area contributed by atoms with E-state index in [2.05, 4.69) is 32.0 Å². The molecule has 1 aromatic rings. The molecule has 0 spiro atoms.